The Bertz CT molecular complexity index is 857. The average Bonchev–Trinajstić information content (AvgIpc) is 2.83. The number of guanidine groups is 1. The van der Waals surface area contributed by atoms with Crippen molar-refractivity contribution in [2.45, 2.75) is 19.9 Å². The minimum absolute atomic E-state index is 0. The molecule has 0 aliphatic carbocycles. The number of hydrogen-bond acceptors (Lipinski definition) is 5. The summed E-state index contributed by atoms with van der Waals surface area (Å²) in [5, 5.41) is 6.49. The molecule has 2 aromatic rings. The Hall–Kier alpha value is -2.56. The van der Waals surface area contributed by atoms with Crippen LogP contribution in [0.25, 0.3) is 0 Å². The fourth-order valence-corrected chi connectivity index (χ4v) is 3.45. The lowest BCUT2D eigenvalue weighted by molar-refractivity contribution is -0.131. The molecule has 0 radical (unpaired) electrons. The van der Waals surface area contributed by atoms with Crippen LogP contribution in [0.2, 0.25) is 0 Å². The highest BCUT2D eigenvalue weighted by Crippen LogP contribution is 2.14. The summed E-state index contributed by atoms with van der Waals surface area (Å²) < 4.78 is 5.26. The Balaban J connectivity index is 0.00000363. The van der Waals surface area contributed by atoms with Gasteiger partial charge in [0.15, 0.2) is 5.96 Å². The minimum atomic E-state index is 0. The highest BCUT2D eigenvalue weighted by atomic mass is 127. The van der Waals surface area contributed by atoms with E-state index in [0.29, 0.717) is 25.5 Å². The fourth-order valence-electron chi connectivity index (χ4n) is 3.45. The van der Waals surface area contributed by atoms with Gasteiger partial charge in [-0.05, 0) is 36.8 Å². The van der Waals surface area contributed by atoms with Gasteiger partial charge in [0.25, 0.3) is 0 Å². The number of aromatic nitrogens is 1. The Morgan fingerprint density at radius 3 is 2.62 bits per heavy atom. The number of rotatable bonds is 8. The molecule has 174 valence electrons. The zero-order valence-corrected chi connectivity index (χ0v) is 21.1. The van der Waals surface area contributed by atoms with Crippen molar-refractivity contribution < 1.29 is 9.53 Å². The van der Waals surface area contributed by atoms with Gasteiger partial charge in [-0.15, -0.1) is 24.0 Å². The van der Waals surface area contributed by atoms with Crippen LogP contribution in [0.4, 0.5) is 5.82 Å². The average molecular weight is 552 g/mol. The van der Waals surface area contributed by atoms with Crippen molar-refractivity contribution in [1.29, 1.82) is 0 Å². The molecule has 32 heavy (non-hydrogen) atoms. The predicted octanol–water partition coefficient (Wildman–Crippen LogP) is 2.50. The number of nitrogens with one attached hydrogen (secondary N) is 2. The highest BCUT2D eigenvalue weighted by molar-refractivity contribution is 14.0. The largest absolute Gasteiger partial charge is 0.497 e. The molecule has 0 atom stereocenters. The van der Waals surface area contributed by atoms with Crippen molar-refractivity contribution in [3.8, 4) is 5.75 Å². The van der Waals surface area contributed by atoms with Gasteiger partial charge in [0.1, 0.15) is 11.6 Å². The zero-order valence-electron chi connectivity index (χ0n) is 18.8. The van der Waals surface area contributed by atoms with Gasteiger partial charge in [-0.2, -0.15) is 0 Å². The van der Waals surface area contributed by atoms with E-state index in [-0.39, 0.29) is 29.9 Å². The predicted molar refractivity (Wildman–Crippen MR) is 139 cm³/mol. The monoisotopic (exact) mass is 552 g/mol. The van der Waals surface area contributed by atoms with Crippen molar-refractivity contribution in [2.75, 3.05) is 51.3 Å². The molecule has 8 nitrogen and oxygen atoms in total. The number of pyridine rings is 1. The number of amides is 1. The van der Waals surface area contributed by atoms with E-state index in [1.165, 1.54) is 0 Å². The first kappa shape index (κ1) is 25.7. The number of piperazine rings is 1. The van der Waals surface area contributed by atoms with Gasteiger partial charge in [-0.3, -0.25) is 4.79 Å². The van der Waals surface area contributed by atoms with E-state index < -0.39 is 0 Å². The van der Waals surface area contributed by atoms with Crippen molar-refractivity contribution in [2.24, 2.45) is 4.99 Å². The molecule has 1 aliphatic rings. The first-order chi connectivity index (χ1) is 15.2. The lowest BCUT2D eigenvalue weighted by Gasteiger charge is -2.35. The molecule has 9 heteroatoms. The van der Waals surface area contributed by atoms with E-state index in [0.717, 1.165) is 49.9 Å². The molecular weight excluding hydrogens is 519 g/mol. The summed E-state index contributed by atoms with van der Waals surface area (Å²) in [5.41, 5.74) is 1.07. The second-order valence-electron chi connectivity index (χ2n) is 7.28. The van der Waals surface area contributed by atoms with Gasteiger partial charge in [0, 0.05) is 51.9 Å². The fraction of sp³-hybridized carbons (Fsp3) is 0.435. The number of halogens is 1. The van der Waals surface area contributed by atoms with E-state index in [2.05, 4.69) is 25.5 Å². The molecule has 2 N–H and O–H groups in total. The van der Waals surface area contributed by atoms with Gasteiger partial charge >= 0.3 is 0 Å². The molecule has 0 spiro atoms. The third-order valence-electron chi connectivity index (χ3n) is 5.14. The van der Waals surface area contributed by atoms with Crippen molar-refractivity contribution >= 4 is 41.7 Å². The van der Waals surface area contributed by atoms with E-state index in [9.17, 15) is 4.79 Å². The van der Waals surface area contributed by atoms with Crippen LogP contribution in [0.3, 0.4) is 0 Å². The van der Waals surface area contributed by atoms with Gasteiger partial charge in [-0.1, -0.05) is 18.2 Å². The van der Waals surface area contributed by atoms with E-state index in [1.807, 2.05) is 54.3 Å². The van der Waals surface area contributed by atoms with Gasteiger partial charge in [0.05, 0.1) is 13.7 Å². The maximum absolute atomic E-state index is 12.6. The highest BCUT2D eigenvalue weighted by Gasteiger charge is 2.21. The molecule has 1 saturated heterocycles. The Labute approximate surface area is 207 Å². The molecule has 2 heterocycles. The zero-order chi connectivity index (χ0) is 21.9. The summed E-state index contributed by atoms with van der Waals surface area (Å²) >= 11 is 0. The quantitative estimate of drug-likeness (QED) is 0.298. The number of aliphatic imine (C=N–C) groups is 1. The van der Waals surface area contributed by atoms with Crippen LogP contribution in [0, 0.1) is 0 Å². The van der Waals surface area contributed by atoms with E-state index in [1.54, 1.807) is 13.3 Å². The number of hydrogen-bond donors (Lipinski definition) is 2. The molecule has 0 unspecified atom stereocenters. The first-order valence-corrected chi connectivity index (χ1v) is 10.8. The summed E-state index contributed by atoms with van der Waals surface area (Å²) in [7, 11) is 1.66. The first-order valence-electron chi connectivity index (χ1n) is 10.8. The second kappa shape index (κ2) is 13.8. The van der Waals surface area contributed by atoms with Crippen LogP contribution in [-0.4, -0.2) is 68.1 Å². The van der Waals surface area contributed by atoms with Crippen LogP contribution in [-0.2, 0) is 11.3 Å². The maximum Gasteiger partial charge on any atom is 0.224 e. The summed E-state index contributed by atoms with van der Waals surface area (Å²) in [6.07, 6.45) is 2.24. The number of nitrogens with zero attached hydrogens (tertiary/aromatic N) is 4. The molecule has 1 aromatic heterocycles. The standard InChI is InChI=1S/C23H32N6O2.HI/c1-3-24-23(27-18-19-7-6-8-20(17-19)31-2)26-12-10-22(30)29-15-13-28(14-16-29)21-9-4-5-11-25-21;/h4-9,11,17H,3,10,12-16,18H2,1-2H3,(H2,24,26,27);1H. The van der Waals surface area contributed by atoms with Crippen LogP contribution in [0.1, 0.15) is 18.9 Å². The third-order valence-corrected chi connectivity index (χ3v) is 5.14. The topological polar surface area (TPSA) is 82.1 Å². The molecular formula is C23H33IN6O2. The van der Waals surface area contributed by atoms with Crippen LogP contribution >= 0.6 is 24.0 Å². The normalized spacial score (nSPS) is 13.9. The molecule has 1 aliphatic heterocycles. The molecule has 1 amide bonds. The second-order valence-corrected chi connectivity index (χ2v) is 7.28. The number of carbonyl (C=O) groups is 1. The lowest BCUT2D eigenvalue weighted by Crippen LogP contribution is -2.49. The van der Waals surface area contributed by atoms with Gasteiger partial charge in [-0.25, -0.2) is 9.98 Å². The van der Waals surface area contributed by atoms with Crippen molar-refractivity contribution in [1.82, 2.24) is 20.5 Å². The molecule has 1 fully saturated rings. The minimum Gasteiger partial charge on any atom is -0.497 e. The smallest absolute Gasteiger partial charge is 0.224 e. The van der Waals surface area contributed by atoms with Crippen molar-refractivity contribution in [3.05, 3.63) is 54.2 Å². The Kier molecular flexibility index (Phi) is 11.1. The number of anilines is 1. The maximum atomic E-state index is 12.6. The van der Waals surface area contributed by atoms with Gasteiger partial charge in [0.2, 0.25) is 5.91 Å². The molecule has 3 rings (SSSR count). The van der Waals surface area contributed by atoms with Crippen LogP contribution < -0.4 is 20.3 Å². The van der Waals surface area contributed by atoms with Crippen molar-refractivity contribution in [3.63, 3.8) is 0 Å². The summed E-state index contributed by atoms with van der Waals surface area (Å²) in [6, 6.07) is 13.8. The SMILES string of the molecule is CCNC(=NCc1cccc(OC)c1)NCCC(=O)N1CCN(c2ccccn2)CC1.I. The lowest BCUT2D eigenvalue weighted by atomic mass is 10.2. The Morgan fingerprint density at radius 1 is 1.12 bits per heavy atom. The molecule has 1 aromatic carbocycles. The molecule has 0 bridgehead atoms. The van der Waals surface area contributed by atoms with Gasteiger partial charge < -0.3 is 25.2 Å². The van der Waals surface area contributed by atoms with Crippen LogP contribution in [0.5, 0.6) is 5.75 Å². The molecule has 0 saturated carbocycles. The summed E-state index contributed by atoms with van der Waals surface area (Å²) in [5.74, 6) is 2.66. The van der Waals surface area contributed by atoms with Crippen LogP contribution in [0.15, 0.2) is 53.7 Å². The number of methoxy groups -OCH3 is 1. The van der Waals surface area contributed by atoms with E-state index >= 15 is 0 Å². The Morgan fingerprint density at radius 2 is 1.94 bits per heavy atom. The number of carbonyl (C=O) groups excluding carboxylic acids is 1. The summed E-state index contributed by atoms with van der Waals surface area (Å²) in [4.78, 5) is 25.8. The third kappa shape index (κ3) is 7.85. The summed E-state index contributed by atoms with van der Waals surface area (Å²) in [6.45, 7) is 6.92. The number of ether oxygens (including phenoxy) is 1. The van der Waals surface area contributed by atoms with E-state index in [4.69, 9.17) is 4.74 Å². The number of benzene rings is 1.